The van der Waals surface area contributed by atoms with Gasteiger partial charge in [-0.15, -0.1) is 0 Å². The Labute approximate surface area is 319 Å². The minimum absolute atomic E-state index is 0.0215. The molecular weight excluding hydrogens is 661 g/mol. The summed E-state index contributed by atoms with van der Waals surface area (Å²) in [4.78, 5) is 37.2. The normalized spacial score (nSPS) is 38.4. The van der Waals surface area contributed by atoms with E-state index < -0.39 is 5.41 Å². The summed E-state index contributed by atoms with van der Waals surface area (Å²) in [6.07, 6.45) is 11.1. The lowest BCUT2D eigenvalue weighted by Gasteiger charge is -2.72. The van der Waals surface area contributed by atoms with Crippen molar-refractivity contribution >= 4 is 17.9 Å². The Morgan fingerprint density at radius 1 is 0.868 bits per heavy atom. The van der Waals surface area contributed by atoms with E-state index in [1.165, 1.54) is 45.3 Å². The predicted octanol–water partition coefficient (Wildman–Crippen LogP) is 10.3. The van der Waals surface area contributed by atoms with Crippen molar-refractivity contribution in [2.24, 2.45) is 62.1 Å². The van der Waals surface area contributed by atoms with E-state index in [0.717, 1.165) is 49.7 Å². The maximum absolute atomic E-state index is 13.3. The standard InChI is InChI=1S/C47H66O6/c1-30(2)34-19-25-47(24-18-32-14-12-13-15-33(32)29-52-31(3)48)27-26-45(9)35(40(34)47)16-17-37-44(8)22-21-38(43(6,7)36(44)20-23-46(37,45)10)53-39(49)28-42(4,5)41(50)51-11/h12-15,34-38,40H,1,16-17,19-23,25-29H2,2-11H3/t34-,35?,36?,37?,38?,40?,44-,45+,46+,47+/m0/s1. The Balaban J connectivity index is 1.27. The molecule has 0 radical (unpaired) electrons. The van der Waals surface area contributed by atoms with E-state index in [4.69, 9.17) is 14.2 Å². The molecule has 53 heavy (non-hydrogen) atoms. The van der Waals surface area contributed by atoms with Gasteiger partial charge in [0.2, 0.25) is 0 Å². The molecule has 290 valence electrons. The van der Waals surface area contributed by atoms with Crippen LogP contribution in [0.5, 0.6) is 0 Å². The van der Waals surface area contributed by atoms with Crippen LogP contribution >= 0.6 is 0 Å². The average Bonchev–Trinajstić information content (AvgIpc) is 3.48. The maximum atomic E-state index is 13.3. The van der Waals surface area contributed by atoms with Gasteiger partial charge in [0.05, 0.1) is 18.9 Å². The van der Waals surface area contributed by atoms with Crippen LogP contribution < -0.4 is 0 Å². The van der Waals surface area contributed by atoms with E-state index in [0.29, 0.717) is 29.6 Å². The molecule has 6 heteroatoms. The van der Waals surface area contributed by atoms with Crippen LogP contribution in [0, 0.1) is 73.9 Å². The molecule has 0 aromatic heterocycles. The largest absolute Gasteiger partial charge is 0.469 e. The molecule has 0 amide bonds. The number of hydrogen-bond acceptors (Lipinski definition) is 6. The van der Waals surface area contributed by atoms with E-state index in [1.807, 2.05) is 18.2 Å². The molecule has 0 saturated heterocycles. The van der Waals surface area contributed by atoms with Crippen molar-refractivity contribution in [3.05, 3.63) is 47.5 Å². The first-order chi connectivity index (χ1) is 24.8. The third kappa shape index (κ3) is 6.48. The summed E-state index contributed by atoms with van der Waals surface area (Å²) < 4.78 is 16.6. The molecule has 0 heterocycles. The van der Waals surface area contributed by atoms with Crippen LogP contribution in [-0.4, -0.2) is 31.1 Å². The third-order valence-corrected chi connectivity index (χ3v) is 16.5. The Kier molecular flexibility index (Phi) is 10.4. The van der Waals surface area contributed by atoms with Crippen molar-refractivity contribution in [2.75, 3.05) is 7.11 Å². The summed E-state index contributed by atoms with van der Waals surface area (Å²) in [7, 11) is 1.37. The third-order valence-electron chi connectivity index (χ3n) is 16.5. The molecule has 0 N–H and O–H groups in total. The first-order valence-electron chi connectivity index (χ1n) is 20.4. The van der Waals surface area contributed by atoms with Crippen LogP contribution in [0.15, 0.2) is 36.4 Å². The highest BCUT2D eigenvalue weighted by atomic mass is 16.5. The summed E-state index contributed by atoms with van der Waals surface area (Å²) in [5.74, 6) is 9.25. The van der Waals surface area contributed by atoms with Crippen molar-refractivity contribution in [3.63, 3.8) is 0 Å². The fourth-order valence-electron chi connectivity index (χ4n) is 13.6. The zero-order valence-electron chi connectivity index (χ0n) is 34.4. The highest BCUT2D eigenvalue weighted by Crippen LogP contribution is 2.77. The highest BCUT2D eigenvalue weighted by molar-refractivity contribution is 5.82. The molecule has 5 unspecified atom stereocenters. The molecule has 6 rings (SSSR count). The molecule has 1 aromatic carbocycles. The van der Waals surface area contributed by atoms with Crippen molar-refractivity contribution < 1.29 is 28.6 Å². The second kappa shape index (κ2) is 13.9. The van der Waals surface area contributed by atoms with Gasteiger partial charge in [-0.25, -0.2) is 0 Å². The summed E-state index contributed by atoms with van der Waals surface area (Å²) in [5, 5.41) is 0. The van der Waals surface area contributed by atoms with Gasteiger partial charge in [0.1, 0.15) is 12.7 Å². The second-order valence-electron chi connectivity index (χ2n) is 19.9. The Morgan fingerprint density at radius 2 is 1.58 bits per heavy atom. The quantitative estimate of drug-likeness (QED) is 0.120. The monoisotopic (exact) mass is 726 g/mol. The van der Waals surface area contributed by atoms with Crippen molar-refractivity contribution in [2.45, 2.75) is 146 Å². The first-order valence-corrected chi connectivity index (χ1v) is 20.4. The molecule has 6 nitrogen and oxygen atoms in total. The van der Waals surface area contributed by atoms with E-state index >= 15 is 0 Å². The zero-order valence-corrected chi connectivity index (χ0v) is 34.4. The number of benzene rings is 1. The first kappa shape index (κ1) is 39.6. The molecule has 5 aliphatic rings. The smallest absolute Gasteiger partial charge is 0.311 e. The number of hydrogen-bond donors (Lipinski definition) is 0. The van der Waals surface area contributed by atoms with E-state index in [2.05, 4.69) is 66.0 Å². The molecule has 0 spiro atoms. The van der Waals surface area contributed by atoms with Crippen LogP contribution in [0.1, 0.15) is 144 Å². The highest BCUT2D eigenvalue weighted by Gasteiger charge is 2.71. The number of ether oxygens (including phenoxy) is 3. The van der Waals surface area contributed by atoms with Gasteiger partial charge in [-0.3, -0.25) is 14.4 Å². The molecule has 0 aliphatic heterocycles. The fourth-order valence-corrected chi connectivity index (χ4v) is 13.6. The Hall–Kier alpha value is -3.07. The van der Waals surface area contributed by atoms with Crippen LogP contribution in [0.4, 0.5) is 0 Å². The number of methoxy groups -OCH3 is 1. The van der Waals surface area contributed by atoms with Crippen LogP contribution in [-0.2, 0) is 35.2 Å². The minimum Gasteiger partial charge on any atom is -0.469 e. The number of carbonyl (C=O) groups excluding carboxylic acids is 3. The van der Waals surface area contributed by atoms with Crippen LogP contribution in [0.25, 0.3) is 0 Å². The number of fused-ring (bicyclic) bond motifs is 7. The SMILES string of the molecule is C=C(C)[C@@H]1CC[C@]2(C#Cc3ccccc3COC(C)=O)CC[C@]3(C)C(CCC4[C@@]5(C)CCC(OC(=O)CC(C)(C)C(=O)OC)C(C)(C)C5CC[C@]43C)C12. The number of allylic oxidation sites excluding steroid dienone is 1. The lowest BCUT2D eigenvalue weighted by Crippen LogP contribution is -2.66. The summed E-state index contributed by atoms with van der Waals surface area (Å²) in [6.45, 7) is 24.6. The van der Waals surface area contributed by atoms with Gasteiger partial charge in [0.15, 0.2) is 0 Å². The molecule has 5 saturated carbocycles. The van der Waals surface area contributed by atoms with Gasteiger partial charge in [-0.1, -0.05) is 76.8 Å². The molecule has 10 atom stereocenters. The second-order valence-corrected chi connectivity index (χ2v) is 19.9. The lowest BCUT2D eigenvalue weighted by atomic mass is 9.32. The Bertz CT molecular complexity index is 1690. The molecular formula is C47H66O6. The zero-order chi connectivity index (χ0) is 38.8. The van der Waals surface area contributed by atoms with Gasteiger partial charge in [-0.2, -0.15) is 0 Å². The number of rotatable bonds is 7. The maximum Gasteiger partial charge on any atom is 0.311 e. The fraction of sp³-hybridized carbons (Fsp3) is 0.723. The topological polar surface area (TPSA) is 78.9 Å². The molecule has 0 bridgehead atoms. The Morgan fingerprint density at radius 3 is 2.26 bits per heavy atom. The molecule has 5 aliphatic carbocycles. The number of carbonyl (C=O) groups is 3. The van der Waals surface area contributed by atoms with E-state index in [-0.39, 0.29) is 64.1 Å². The van der Waals surface area contributed by atoms with E-state index in [1.54, 1.807) is 13.8 Å². The van der Waals surface area contributed by atoms with Crippen molar-refractivity contribution in [3.8, 4) is 11.8 Å². The van der Waals surface area contributed by atoms with Crippen molar-refractivity contribution in [1.82, 2.24) is 0 Å². The summed E-state index contributed by atoms with van der Waals surface area (Å²) >= 11 is 0. The molecule has 1 aromatic rings. The van der Waals surface area contributed by atoms with Gasteiger partial charge in [0, 0.05) is 28.9 Å². The minimum atomic E-state index is -0.915. The van der Waals surface area contributed by atoms with Crippen LogP contribution in [0.2, 0.25) is 0 Å². The van der Waals surface area contributed by atoms with Gasteiger partial charge in [-0.05, 0) is 137 Å². The predicted molar refractivity (Wildman–Crippen MR) is 208 cm³/mol. The lowest BCUT2D eigenvalue weighted by molar-refractivity contribution is -0.247. The van der Waals surface area contributed by atoms with Crippen molar-refractivity contribution in [1.29, 1.82) is 0 Å². The van der Waals surface area contributed by atoms with Gasteiger partial charge in [0.25, 0.3) is 0 Å². The number of esters is 3. The molecule has 5 fully saturated rings. The average molecular weight is 727 g/mol. The van der Waals surface area contributed by atoms with Gasteiger partial charge < -0.3 is 14.2 Å². The van der Waals surface area contributed by atoms with Crippen LogP contribution in [0.3, 0.4) is 0 Å². The van der Waals surface area contributed by atoms with E-state index in [9.17, 15) is 14.4 Å². The summed E-state index contributed by atoms with van der Waals surface area (Å²) in [5.41, 5.74) is 2.66. The summed E-state index contributed by atoms with van der Waals surface area (Å²) in [6, 6.07) is 8.12. The van der Waals surface area contributed by atoms with Gasteiger partial charge >= 0.3 is 17.9 Å².